The second kappa shape index (κ2) is 9.57. The second-order valence-corrected chi connectivity index (χ2v) is 7.19. The largest absolute Gasteiger partial charge is 0.465 e. The monoisotopic (exact) mass is 408 g/mol. The second-order valence-electron chi connectivity index (χ2n) is 7.19. The molecule has 6 nitrogen and oxygen atoms in total. The molecule has 0 aromatic heterocycles. The van der Waals surface area contributed by atoms with Crippen LogP contribution in [-0.2, 0) is 14.3 Å². The van der Waals surface area contributed by atoms with Gasteiger partial charge in [0.25, 0.3) is 0 Å². The summed E-state index contributed by atoms with van der Waals surface area (Å²) < 4.78 is 10.9. The number of carbonyl (C=O) groups excluding carboxylic acids is 2. The Morgan fingerprint density at radius 3 is 2.37 bits per heavy atom. The number of fused-ring (bicyclic) bond motifs is 1. The molecule has 0 radical (unpaired) electrons. The molecule has 158 valence electrons. The smallest absolute Gasteiger partial charge is 0.319 e. The molecule has 2 unspecified atom stereocenters. The Bertz CT molecular complexity index is 922. The van der Waals surface area contributed by atoms with E-state index < -0.39 is 17.8 Å². The van der Waals surface area contributed by atoms with E-state index in [1.54, 1.807) is 11.8 Å². The van der Waals surface area contributed by atoms with Crippen molar-refractivity contribution in [1.29, 1.82) is 5.41 Å². The van der Waals surface area contributed by atoms with Crippen LogP contribution in [0.1, 0.15) is 38.7 Å². The lowest BCUT2D eigenvalue weighted by Crippen LogP contribution is -2.41. The van der Waals surface area contributed by atoms with Crippen molar-refractivity contribution < 1.29 is 19.1 Å². The molecule has 2 aromatic carbocycles. The molecular weight excluding hydrogens is 380 g/mol. The molecule has 0 aliphatic carbocycles. The fraction of sp³-hybridized carbons (Fsp3) is 0.375. The van der Waals surface area contributed by atoms with Crippen molar-refractivity contribution >= 4 is 17.8 Å². The molecule has 2 atom stereocenters. The van der Waals surface area contributed by atoms with Gasteiger partial charge in [-0.25, -0.2) is 0 Å². The van der Waals surface area contributed by atoms with E-state index in [0.29, 0.717) is 18.8 Å². The van der Waals surface area contributed by atoms with Gasteiger partial charge in [0.1, 0.15) is 11.7 Å². The predicted molar refractivity (Wildman–Crippen MR) is 116 cm³/mol. The summed E-state index contributed by atoms with van der Waals surface area (Å²) in [4.78, 5) is 27.4. The molecule has 1 heterocycles. The quantitative estimate of drug-likeness (QED) is 0.695. The molecular formula is C24H28N2O4. The van der Waals surface area contributed by atoms with Crippen molar-refractivity contribution in [2.75, 3.05) is 19.7 Å². The van der Waals surface area contributed by atoms with Crippen molar-refractivity contribution in [3.8, 4) is 16.9 Å². The molecule has 0 saturated carbocycles. The number of ether oxygens (including phenoxy) is 2. The highest BCUT2D eigenvalue weighted by atomic mass is 16.5. The van der Waals surface area contributed by atoms with Crippen LogP contribution in [0.3, 0.4) is 0 Å². The minimum absolute atomic E-state index is 0.0509. The first kappa shape index (κ1) is 21.6. The van der Waals surface area contributed by atoms with E-state index in [-0.39, 0.29) is 24.8 Å². The normalized spacial score (nSPS) is 17.6. The first-order chi connectivity index (χ1) is 14.5. The maximum Gasteiger partial charge on any atom is 0.319 e. The summed E-state index contributed by atoms with van der Waals surface area (Å²) in [5.74, 6) is -1.70. The fourth-order valence-corrected chi connectivity index (χ4v) is 3.91. The topological polar surface area (TPSA) is 79.7 Å². The highest BCUT2D eigenvalue weighted by Gasteiger charge is 2.42. The van der Waals surface area contributed by atoms with Crippen LogP contribution < -0.4 is 4.74 Å². The van der Waals surface area contributed by atoms with E-state index in [2.05, 4.69) is 0 Å². The lowest BCUT2D eigenvalue weighted by atomic mass is 9.79. The van der Waals surface area contributed by atoms with Crippen LogP contribution in [-0.4, -0.2) is 42.4 Å². The molecule has 3 rings (SSSR count). The third-order valence-electron chi connectivity index (χ3n) is 5.47. The van der Waals surface area contributed by atoms with Gasteiger partial charge in [-0.1, -0.05) is 36.4 Å². The third-order valence-corrected chi connectivity index (χ3v) is 5.47. The first-order valence-corrected chi connectivity index (χ1v) is 10.4. The van der Waals surface area contributed by atoms with Crippen LogP contribution in [0.4, 0.5) is 0 Å². The molecule has 0 saturated heterocycles. The van der Waals surface area contributed by atoms with Crippen LogP contribution >= 0.6 is 0 Å². The van der Waals surface area contributed by atoms with E-state index in [9.17, 15) is 9.59 Å². The number of rotatable bonds is 7. The lowest BCUT2D eigenvalue weighted by Gasteiger charge is -2.33. The number of hydrogen-bond donors (Lipinski definition) is 1. The molecule has 1 N–H and O–H groups in total. The number of hydrogen-bond acceptors (Lipinski definition) is 5. The fourth-order valence-electron chi connectivity index (χ4n) is 3.91. The molecule has 0 fully saturated rings. The summed E-state index contributed by atoms with van der Waals surface area (Å²) in [6.07, 6.45) is 0.113. The third kappa shape index (κ3) is 4.37. The summed E-state index contributed by atoms with van der Waals surface area (Å²) >= 11 is 0. The molecule has 0 spiro atoms. The Balaban J connectivity index is 2.06. The Kier molecular flexibility index (Phi) is 6.87. The van der Waals surface area contributed by atoms with Crippen LogP contribution in [0, 0.1) is 11.3 Å². The number of nitrogens with one attached hydrogen (secondary N) is 1. The summed E-state index contributed by atoms with van der Waals surface area (Å²) in [6, 6.07) is 15.6. The maximum atomic E-state index is 12.9. The van der Waals surface area contributed by atoms with Crippen molar-refractivity contribution in [3.63, 3.8) is 0 Å². The summed E-state index contributed by atoms with van der Waals surface area (Å²) in [6.45, 7) is 6.97. The Hall–Kier alpha value is -3.15. The standard InChI is InChI=1S/C24H28N2O4/c1-4-26(5-2)21(27)15-19-18-14-17(16-10-8-7-9-11-16)12-13-20(18)30-23(25)22(19)24(28)29-6-3/h7-14,19,22,25H,4-6,15H2,1-3H3. The molecule has 0 bridgehead atoms. The Labute approximate surface area is 177 Å². The van der Waals surface area contributed by atoms with Crippen molar-refractivity contribution in [2.24, 2.45) is 5.92 Å². The van der Waals surface area contributed by atoms with E-state index in [0.717, 1.165) is 16.7 Å². The molecule has 2 aromatic rings. The average molecular weight is 408 g/mol. The van der Waals surface area contributed by atoms with E-state index >= 15 is 0 Å². The van der Waals surface area contributed by atoms with Gasteiger partial charge in [-0.2, -0.15) is 0 Å². The number of benzene rings is 2. The first-order valence-electron chi connectivity index (χ1n) is 10.4. The van der Waals surface area contributed by atoms with Crippen molar-refractivity contribution in [2.45, 2.75) is 33.1 Å². The lowest BCUT2D eigenvalue weighted by molar-refractivity contribution is -0.147. The summed E-state index contributed by atoms with van der Waals surface area (Å²) in [5, 5.41) is 8.33. The van der Waals surface area contributed by atoms with Gasteiger partial charge >= 0.3 is 5.97 Å². The minimum atomic E-state index is -0.942. The number of esters is 1. The van der Waals surface area contributed by atoms with Crippen LogP contribution in [0.5, 0.6) is 5.75 Å². The zero-order valence-electron chi connectivity index (χ0n) is 17.7. The van der Waals surface area contributed by atoms with Crippen LogP contribution in [0.2, 0.25) is 0 Å². The van der Waals surface area contributed by atoms with Gasteiger partial charge in [-0.05, 0) is 44.0 Å². The van der Waals surface area contributed by atoms with Crippen LogP contribution in [0.25, 0.3) is 11.1 Å². The van der Waals surface area contributed by atoms with Gasteiger partial charge in [0, 0.05) is 31.0 Å². The molecule has 30 heavy (non-hydrogen) atoms. The highest BCUT2D eigenvalue weighted by molar-refractivity contribution is 6.00. The summed E-state index contributed by atoms with van der Waals surface area (Å²) in [5.41, 5.74) is 2.75. The highest BCUT2D eigenvalue weighted by Crippen LogP contribution is 2.42. The van der Waals surface area contributed by atoms with Gasteiger partial charge < -0.3 is 14.4 Å². The van der Waals surface area contributed by atoms with E-state index in [4.69, 9.17) is 14.9 Å². The number of nitrogens with zero attached hydrogens (tertiary/aromatic N) is 1. The average Bonchev–Trinajstić information content (AvgIpc) is 2.75. The molecule has 6 heteroatoms. The summed E-state index contributed by atoms with van der Waals surface area (Å²) in [7, 11) is 0. The minimum Gasteiger partial charge on any atom is -0.465 e. The SMILES string of the molecule is CCOC(=O)C1C(=N)Oc2ccc(-c3ccccc3)cc2C1CC(=O)N(CC)CC. The Morgan fingerprint density at radius 2 is 1.73 bits per heavy atom. The zero-order chi connectivity index (χ0) is 21.7. The van der Waals surface area contributed by atoms with Gasteiger partial charge in [0.05, 0.1) is 6.61 Å². The van der Waals surface area contributed by atoms with Gasteiger partial charge in [0.15, 0.2) is 0 Å². The molecule has 1 aliphatic heterocycles. The van der Waals surface area contributed by atoms with Crippen molar-refractivity contribution in [1.82, 2.24) is 4.90 Å². The van der Waals surface area contributed by atoms with E-state index in [1.165, 1.54) is 0 Å². The number of carbonyl (C=O) groups is 2. The zero-order valence-corrected chi connectivity index (χ0v) is 17.7. The van der Waals surface area contributed by atoms with Gasteiger partial charge in [-0.3, -0.25) is 15.0 Å². The maximum absolute atomic E-state index is 12.9. The van der Waals surface area contributed by atoms with Crippen LogP contribution in [0.15, 0.2) is 48.5 Å². The predicted octanol–water partition coefficient (Wildman–Crippen LogP) is 4.24. The van der Waals surface area contributed by atoms with Gasteiger partial charge in [-0.15, -0.1) is 0 Å². The Morgan fingerprint density at radius 1 is 1.03 bits per heavy atom. The van der Waals surface area contributed by atoms with Crippen molar-refractivity contribution in [3.05, 3.63) is 54.1 Å². The number of amides is 1. The molecule has 1 amide bonds. The van der Waals surface area contributed by atoms with Gasteiger partial charge in [0.2, 0.25) is 11.8 Å². The molecule has 1 aliphatic rings. The van der Waals surface area contributed by atoms with E-state index in [1.807, 2.05) is 62.4 Å².